The number of aliphatic hydroxyl groups excluding tert-OH is 1. The second kappa shape index (κ2) is 14.4. The highest BCUT2D eigenvalue weighted by atomic mass is 79.9. The van der Waals surface area contributed by atoms with Crippen molar-refractivity contribution < 1.29 is 37.4 Å². The lowest BCUT2D eigenvalue weighted by Crippen LogP contribution is -2.50. The average molecular weight is 708 g/mol. The van der Waals surface area contributed by atoms with Crippen molar-refractivity contribution in [2.45, 2.75) is 62.7 Å². The zero-order chi connectivity index (χ0) is 32.0. The summed E-state index contributed by atoms with van der Waals surface area (Å²) >= 11 is 3.09. The molecule has 2 fully saturated rings. The molecule has 240 valence electrons. The zero-order valence-corrected chi connectivity index (χ0v) is 26.5. The summed E-state index contributed by atoms with van der Waals surface area (Å²) in [5.41, 5.74) is -1.79. The molecule has 3 N–H and O–H groups in total. The number of rotatable bonds is 12. The molecule has 1 saturated heterocycles. The third kappa shape index (κ3) is 8.07. The van der Waals surface area contributed by atoms with Crippen LogP contribution < -0.4 is 20.9 Å². The van der Waals surface area contributed by atoms with Gasteiger partial charge in [-0.2, -0.15) is 5.09 Å². The van der Waals surface area contributed by atoms with Crippen LogP contribution in [0.3, 0.4) is 0 Å². The van der Waals surface area contributed by atoms with Crippen LogP contribution in [-0.2, 0) is 30.0 Å². The van der Waals surface area contributed by atoms with Gasteiger partial charge in [0.15, 0.2) is 0 Å². The summed E-state index contributed by atoms with van der Waals surface area (Å²) in [4.78, 5) is 41.7. The fourth-order valence-corrected chi connectivity index (χ4v) is 7.32. The van der Waals surface area contributed by atoms with Crippen molar-refractivity contribution >= 4 is 35.7 Å². The Bertz CT molecular complexity index is 1680. The van der Waals surface area contributed by atoms with Gasteiger partial charge in [-0.25, -0.2) is 13.8 Å². The molecule has 0 amide bonds. The summed E-state index contributed by atoms with van der Waals surface area (Å²) in [5, 5.41) is 13.6. The predicted molar refractivity (Wildman–Crippen MR) is 165 cm³/mol. The van der Waals surface area contributed by atoms with Gasteiger partial charge in [-0.3, -0.25) is 23.7 Å². The molecule has 15 heteroatoms. The number of aromatic amines is 1. The Morgan fingerprint density at radius 1 is 1.18 bits per heavy atom. The van der Waals surface area contributed by atoms with E-state index in [-0.39, 0.29) is 24.3 Å². The number of aliphatic hydroxyl groups is 1. The van der Waals surface area contributed by atoms with Crippen molar-refractivity contribution in [2.75, 3.05) is 6.61 Å². The molecule has 1 aromatic heterocycles. The fraction of sp³-hybridized carbons (Fsp3) is 0.367. The second-order valence-corrected chi connectivity index (χ2v) is 13.0. The maximum absolute atomic E-state index is 14.3. The number of hydrogen-bond donors (Lipinski definition) is 3. The van der Waals surface area contributed by atoms with Crippen LogP contribution in [0.1, 0.15) is 49.5 Å². The van der Waals surface area contributed by atoms with Crippen molar-refractivity contribution in [3.8, 4) is 5.75 Å². The minimum atomic E-state index is -4.42. The highest BCUT2D eigenvalue weighted by Crippen LogP contribution is 2.50. The van der Waals surface area contributed by atoms with Gasteiger partial charge in [0.1, 0.15) is 36.0 Å². The Balaban J connectivity index is 1.35. The van der Waals surface area contributed by atoms with E-state index in [9.17, 15) is 28.4 Å². The molecule has 1 aliphatic carbocycles. The van der Waals surface area contributed by atoms with Gasteiger partial charge in [-0.1, -0.05) is 59.1 Å². The fourth-order valence-electron chi connectivity index (χ4n) is 5.29. The molecular weight excluding hydrogens is 676 g/mol. The molecule has 2 aromatic carbocycles. The van der Waals surface area contributed by atoms with E-state index in [1.165, 1.54) is 29.4 Å². The highest BCUT2D eigenvalue weighted by molar-refractivity contribution is 9.11. The first-order valence-corrected chi connectivity index (χ1v) is 16.7. The maximum atomic E-state index is 14.3. The van der Waals surface area contributed by atoms with E-state index >= 15 is 0 Å². The minimum absolute atomic E-state index is 0.00778. The Morgan fingerprint density at radius 3 is 2.58 bits per heavy atom. The third-order valence-corrected chi connectivity index (χ3v) is 9.52. The Hall–Kier alpha value is -3.39. The normalized spacial score (nSPS) is 22.3. The van der Waals surface area contributed by atoms with Crippen LogP contribution in [0.2, 0.25) is 0 Å². The molecule has 4 atom stereocenters. The lowest BCUT2D eigenvalue weighted by atomic mass is 10.00. The summed E-state index contributed by atoms with van der Waals surface area (Å²) in [7, 11) is -4.42. The molecule has 3 aromatic rings. The average Bonchev–Trinajstić information content (AvgIpc) is 3.65. The monoisotopic (exact) mass is 707 g/mol. The van der Waals surface area contributed by atoms with Crippen molar-refractivity contribution in [3.05, 3.63) is 104 Å². The number of aromatic nitrogens is 2. The molecule has 12 nitrogen and oxygen atoms in total. The number of carbonyl (C=O) groups is 1. The van der Waals surface area contributed by atoms with Crippen molar-refractivity contribution in [3.63, 3.8) is 0 Å². The van der Waals surface area contributed by atoms with E-state index in [1.54, 1.807) is 0 Å². The quantitative estimate of drug-likeness (QED) is 0.180. The van der Waals surface area contributed by atoms with E-state index in [1.807, 2.05) is 30.3 Å². The van der Waals surface area contributed by atoms with Gasteiger partial charge >= 0.3 is 19.4 Å². The number of carbonyl (C=O) groups excluding carboxylic acids is 1. The molecule has 45 heavy (non-hydrogen) atoms. The standard InChI is InChI=1S/C30H32BrFN3O9P/c31-15-12-21-17-35(29(39)33-27(21)37)26-16-24(36)25(43-26)19-42-45(40,44-23-10-8-22(32)9-11-23)34-30(13-4-5-14-30)28(38)41-18-20-6-2-1-3-7-20/h1-3,6-12,15,17,24-26,36H,4-5,13-14,16,18-19H2,(H,34,40)(H,33,37,39)/t24?,25-,26-,45?/m1/s1. The van der Waals surface area contributed by atoms with Gasteiger partial charge in [0.05, 0.1) is 18.3 Å². The summed E-state index contributed by atoms with van der Waals surface area (Å²) < 4.78 is 52.1. The van der Waals surface area contributed by atoms with Crippen LogP contribution >= 0.6 is 23.7 Å². The zero-order valence-electron chi connectivity index (χ0n) is 24.0. The Kier molecular flexibility index (Phi) is 10.5. The first-order chi connectivity index (χ1) is 21.6. The number of H-pyrrole nitrogens is 1. The summed E-state index contributed by atoms with van der Waals surface area (Å²) in [6.45, 7) is -0.460. The molecule has 2 heterocycles. The highest BCUT2D eigenvalue weighted by Gasteiger charge is 2.50. The third-order valence-electron chi connectivity index (χ3n) is 7.61. The van der Waals surface area contributed by atoms with Gasteiger partial charge < -0.3 is 19.1 Å². The number of nitrogens with zero attached hydrogens (tertiary/aromatic N) is 1. The Morgan fingerprint density at radius 2 is 1.89 bits per heavy atom. The first kappa shape index (κ1) is 33.0. The van der Waals surface area contributed by atoms with Gasteiger partial charge in [0.2, 0.25) is 0 Å². The number of halogens is 2. The van der Waals surface area contributed by atoms with Crippen molar-refractivity contribution in [1.29, 1.82) is 0 Å². The Labute approximate surface area is 265 Å². The van der Waals surface area contributed by atoms with Crippen LogP contribution in [0.15, 0.2) is 75.4 Å². The molecule has 5 rings (SSSR count). The van der Waals surface area contributed by atoms with E-state index < -0.39 is 61.4 Å². The topological polar surface area (TPSA) is 158 Å². The van der Waals surface area contributed by atoms with Crippen LogP contribution in [0.4, 0.5) is 4.39 Å². The smallest absolute Gasteiger partial charge is 0.459 e. The number of ether oxygens (including phenoxy) is 2. The lowest BCUT2D eigenvalue weighted by molar-refractivity contribution is -0.152. The van der Waals surface area contributed by atoms with Gasteiger partial charge in [-0.05, 0) is 53.7 Å². The molecule has 0 radical (unpaired) electrons. The number of nitrogens with one attached hydrogen (secondary N) is 2. The lowest BCUT2D eigenvalue weighted by Gasteiger charge is -2.32. The number of benzene rings is 2. The molecular formula is C30H32BrFN3O9P. The van der Waals surface area contributed by atoms with Crippen molar-refractivity contribution in [1.82, 2.24) is 14.6 Å². The van der Waals surface area contributed by atoms with E-state index in [0.717, 1.165) is 22.3 Å². The van der Waals surface area contributed by atoms with Gasteiger partial charge in [0.25, 0.3) is 5.56 Å². The number of hydrogen-bond acceptors (Lipinski definition) is 9. The van der Waals surface area contributed by atoms with Crippen LogP contribution in [0.5, 0.6) is 5.75 Å². The predicted octanol–water partition coefficient (Wildman–Crippen LogP) is 4.54. The van der Waals surface area contributed by atoms with Crippen LogP contribution in [0.25, 0.3) is 6.08 Å². The minimum Gasteiger partial charge on any atom is -0.459 e. The summed E-state index contributed by atoms with van der Waals surface area (Å²) in [5.74, 6) is -1.15. The largest absolute Gasteiger partial charge is 0.459 e. The molecule has 0 bridgehead atoms. The summed E-state index contributed by atoms with van der Waals surface area (Å²) in [6.07, 6.45) is 1.40. The van der Waals surface area contributed by atoms with E-state index in [2.05, 4.69) is 26.0 Å². The maximum Gasteiger partial charge on any atom is 0.459 e. The SMILES string of the molecule is O=C(OCc1ccccc1)C1(NP(=O)(OC[C@H]2O[C@@H](n3cc(C=CBr)c(=O)[nH]c3=O)CC2O)Oc2ccc(F)cc2)CCCC1. The molecule has 2 aliphatic rings. The second-order valence-electron chi connectivity index (χ2n) is 10.8. The van der Waals surface area contributed by atoms with Gasteiger partial charge in [-0.15, -0.1) is 0 Å². The molecule has 2 unspecified atom stereocenters. The van der Waals surface area contributed by atoms with Crippen LogP contribution in [-0.4, -0.2) is 45.0 Å². The molecule has 0 spiro atoms. The van der Waals surface area contributed by atoms with E-state index in [0.29, 0.717) is 25.7 Å². The molecule has 1 saturated carbocycles. The van der Waals surface area contributed by atoms with Crippen molar-refractivity contribution in [2.24, 2.45) is 0 Å². The molecule has 1 aliphatic heterocycles. The van der Waals surface area contributed by atoms with Gasteiger partial charge in [0, 0.05) is 12.6 Å². The first-order valence-electron chi connectivity index (χ1n) is 14.3. The van der Waals surface area contributed by atoms with Crippen LogP contribution in [0, 0.1) is 5.82 Å². The summed E-state index contributed by atoms with van der Waals surface area (Å²) in [6, 6.07) is 13.9. The van der Waals surface area contributed by atoms with E-state index in [4.69, 9.17) is 18.5 Å². The number of esters is 1.